The average Bonchev–Trinajstić information content (AvgIpc) is 2.76. The molecule has 0 saturated carbocycles. The third-order valence-corrected chi connectivity index (χ3v) is 5.28. The summed E-state index contributed by atoms with van der Waals surface area (Å²) in [4.78, 5) is 24.3. The number of nitrogens with one attached hydrogen (secondary N) is 1. The van der Waals surface area contributed by atoms with Crippen LogP contribution in [-0.4, -0.2) is 31.6 Å². The van der Waals surface area contributed by atoms with Gasteiger partial charge in [-0.15, -0.1) is 0 Å². The number of amides is 1. The van der Waals surface area contributed by atoms with Crippen molar-refractivity contribution in [1.82, 2.24) is 5.32 Å². The van der Waals surface area contributed by atoms with Gasteiger partial charge in [-0.3, -0.25) is 4.79 Å². The number of unbranched alkanes of at least 4 members (excludes halogenated alkanes) is 11. The molecular weight excluding hydrogens is 378 g/mol. The summed E-state index contributed by atoms with van der Waals surface area (Å²) < 4.78 is 10.4. The summed E-state index contributed by atoms with van der Waals surface area (Å²) in [6.07, 6.45) is 15.2. The fourth-order valence-corrected chi connectivity index (χ4v) is 3.34. The van der Waals surface area contributed by atoms with Crippen molar-refractivity contribution in [3.63, 3.8) is 0 Å². The van der Waals surface area contributed by atoms with E-state index in [9.17, 15) is 9.59 Å². The second-order valence-electron chi connectivity index (χ2n) is 7.98. The van der Waals surface area contributed by atoms with Crippen molar-refractivity contribution in [1.29, 1.82) is 0 Å². The molecule has 5 nitrogen and oxygen atoms in total. The first-order valence-corrected chi connectivity index (χ1v) is 11.7. The highest BCUT2D eigenvalue weighted by atomic mass is 16.5. The molecule has 1 N–H and O–H groups in total. The van der Waals surface area contributed by atoms with E-state index in [0.29, 0.717) is 17.9 Å². The minimum Gasteiger partial charge on any atom is -0.497 e. The number of hydrogen-bond acceptors (Lipinski definition) is 4. The molecule has 170 valence electrons. The Bertz CT molecular complexity index is 603. The van der Waals surface area contributed by atoms with E-state index in [2.05, 4.69) is 12.2 Å². The SMILES string of the molecule is CCCCCCCCCCCCCCOC(=O)[C@H](C)NC(=O)c1cccc(OC)c1. The Labute approximate surface area is 182 Å². The molecule has 0 unspecified atom stereocenters. The van der Waals surface area contributed by atoms with Crippen LogP contribution in [0.4, 0.5) is 0 Å². The Kier molecular flexibility index (Phi) is 14.5. The number of carbonyl (C=O) groups is 2. The van der Waals surface area contributed by atoms with Crippen molar-refractivity contribution >= 4 is 11.9 Å². The van der Waals surface area contributed by atoms with Gasteiger partial charge in [0.2, 0.25) is 0 Å². The molecule has 1 aromatic carbocycles. The van der Waals surface area contributed by atoms with Gasteiger partial charge in [-0.1, -0.05) is 83.6 Å². The smallest absolute Gasteiger partial charge is 0.328 e. The predicted molar refractivity (Wildman–Crippen MR) is 122 cm³/mol. The summed E-state index contributed by atoms with van der Waals surface area (Å²) in [5, 5.41) is 2.67. The van der Waals surface area contributed by atoms with Gasteiger partial charge in [-0.2, -0.15) is 0 Å². The lowest BCUT2D eigenvalue weighted by atomic mass is 10.1. The van der Waals surface area contributed by atoms with Crippen LogP contribution >= 0.6 is 0 Å². The van der Waals surface area contributed by atoms with Crippen LogP contribution in [0.2, 0.25) is 0 Å². The Hall–Kier alpha value is -2.04. The molecule has 0 radical (unpaired) electrons. The Balaban J connectivity index is 2.03. The van der Waals surface area contributed by atoms with Gasteiger partial charge in [0.05, 0.1) is 13.7 Å². The van der Waals surface area contributed by atoms with E-state index in [1.165, 1.54) is 64.2 Å². The van der Waals surface area contributed by atoms with Crippen LogP contribution < -0.4 is 10.1 Å². The molecule has 0 heterocycles. The lowest BCUT2D eigenvalue weighted by molar-refractivity contribution is -0.145. The van der Waals surface area contributed by atoms with Crippen molar-refractivity contribution < 1.29 is 19.1 Å². The maximum Gasteiger partial charge on any atom is 0.328 e. The van der Waals surface area contributed by atoms with E-state index in [-0.39, 0.29) is 5.91 Å². The van der Waals surface area contributed by atoms with Gasteiger partial charge in [-0.05, 0) is 31.5 Å². The Morgan fingerprint density at radius 1 is 0.900 bits per heavy atom. The third-order valence-electron chi connectivity index (χ3n) is 5.28. The topological polar surface area (TPSA) is 64.6 Å². The highest BCUT2D eigenvalue weighted by Crippen LogP contribution is 2.13. The maximum absolute atomic E-state index is 12.2. The number of ether oxygens (including phenoxy) is 2. The van der Waals surface area contributed by atoms with E-state index < -0.39 is 12.0 Å². The summed E-state index contributed by atoms with van der Waals surface area (Å²) in [6.45, 7) is 4.31. The molecule has 1 rings (SSSR count). The third kappa shape index (κ3) is 11.8. The van der Waals surface area contributed by atoms with Crippen molar-refractivity contribution in [2.45, 2.75) is 96.9 Å². The zero-order chi connectivity index (χ0) is 22.0. The lowest BCUT2D eigenvalue weighted by Gasteiger charge is -2.14. The van der Waals surface area contributed by atoms with Gasteiger partial charge in [0.15, 0.2) is 0 Å². The predicted octanol–water partition coefficient (Wildman–Crippen LogP) is 6.06. The molecule has 5 heteroatoms. The number of methoxy groups -OCH3 is 1. The molecule has 0 aliphatic carbocycles. The molecule has 1 amide bonds. The Morgan fingerprint density at radius 3 is 2.03 bits per heavy atom. The molecule has 0 fully saturated rings. The van der Waals surface area contributed by atoms with Gasteiger partial charge in [0.25, 0.3) is 5.91 Å². The molecule has 0 saturated heterocycles. The van der Waals surface area contributed by atoms with Gasteiger partial charge >= 0.3 is 5.97 Å². The van der Waals surface area contributed by atoms with Gasteiger partial charge in [-0.25, -0.2) is 4.79 Å². The van der Waals surface area contributed by atoms with Gasteiger partial charge in [0.1, 0.15) is 11.8 Å². The zero-order valence-electron chi connectivity index (χ0n) is 19.2. The van der Waals surface area contributed by atoms with Crippen LogP contribution in [0.15, 0.2) is 24.3 Å². The molecule has 0 aliphatic rings. The maximum atomic E-state index is 12.2. The summed E-state index contributed by atoms with van der Waals surface area (Å²) >= 11 is 0. The van der Waals surface area contributed by atoms with E-state index in [0.717, 1.165) is 12.8 Å². The lowest BCUT2D eigenvalue weighted by Crippen LogP contribution is -2.39. The summed E-state index contributed by atoms with van der Waals surface area (Å²) in [6, 6.07) is 6.15. The first-order valence-electron chi connectivity index (χ1n) is 11.7. The fourth-order valence-electron chi connectivity index (χ4n) is 3.34. The van der Waals surface area contributed by atoms with Crippen molar-refractivity contribution in [2.24, 2.45) is 0 Å². The molecule has 1 aromatic rings. The normalized spacial score (nSPS) is 11.7. The molecule has 30 heavy (non-hydrogen) atoms. The van der Waals surface area contributed by atoms with Crippen molar-refractivity contribution in [3.8, 4) is 5.75 Å². The summed E-state index contributed by atoms with van der Waals surface area (Å²) in [5.41, 5.74) is 0.454. The van der Waals surface area contributed by atoms with E-state index >= 15 is 0 Å². The minimum atomic E-state index is -0.680. The van der Waals surface area contributed by atoms with Gasteiger partial charge < -0.3 is 14.8 Å². The van der Waals surface area contributed by atoms with E-state index in [1.807, 2.05) is 0 Å². The highest BCUT2D eigenvalue weighted by molar-refractivity contribution is 5.97. The fraction of sp³-hybridized carbons (Fsp3) is 0.680. The standard InChI is InChI=1S/C25H41NO4/c1-4-5-6-7-8-9-10-11-12-13-14-15-19-30-25(28)21(2)26-24(27)22-17-16-18-23(20-22)29-3/h16-18,20-21H,4-15,19H2,1-3H3,(H,26,27)/t21-/m0/s1. The first kappa shape index (κ1) is 26.0. The van der Waals surface area contributed by atoms with Crippen LogP contribution in [0.3, 0.4) is 0 Å². The quantitative estimate of drug-likeness (QED) is 0.246. The molecule has 0 aromatic heterocycles. The van der Waals surface area contributed by atoms with Crippen molar-refractivity contribution in [3.05, 3.63) is 29.8 Å². The van der Waals surface area contributed by atoms with Crippen molar-refractivity contribution in [2.75, 3.05) is 13.7 Å². The number of hydrogen-bond donors (Lipinski definition) is 1. The molecular formula is C25H41NO4. The van der Waals surface area contributed by atoms with Crippen LogP contribution in [0.5, 0.6) is 5.75 Å². The first-order chi connectivity index (χ1) is 14.6. The number of benzene rings is 1. The number of esters is 1. The second-order valence-corrected chi connectivity index (χ2v) is 7.98. The van der Waals surface area contributed by atoms with Crippen LogP contribution in [0.1, 0.15) is 101 Å². The second kappa shape index (κ2) is 16.7. The largest absolute Gasteiger partial charge is 0.497 e. The molecule has 0 bridgehead atoms. The van der Waals surface area contributed by atoms with Crippen LogP contribution in [-0.2, 0) is 9.53 Å². The number of carbonyl (C=O) groups excluding carboxylic acids is 2. The molecule has 1 atom stereocenters. The van der Waals surface area contributed by atoms with Crippen LogP contribution in [0, 0.1) is 0 Å². The van der Waals surface area contributed by atoms with E-state index in [4.69, 9.17) is 9.47 Å². The highest BCUT2D eigenvalue weighted by Gasteiger charge is 2.18. The minimum absolute atomic E-state index is 0.316. The summed E-state index contributed by atoms with van der Waals surface area (Å²) in [5.74, 6) is -0.108. The summed E-state index contributed by atoms with van der Waals surface area (Å²) in [7, 11) is 1.55. The average molecular weight is 420 g/mol. The zero-order valence-corrected chi connectivity index (χ0v) is 19.2. The molecule has 0 spiro atoms. The molecule has 0 aliphatic heterocycles. The van der Waals surface area contributed by atoms with E-state index in [1.54, 1.807) is 38.3 Å². The Morgan fingerprint density at radius 2 is 1.47 bits per heavy atom. The van der Waals surface area contributed by atoms with Gasteiger partial charge in [0, 0.05) is 5.56 Å². The number of rotatable bonds is 17. The monoisotopic (exact) mass is 419 g/mol. The van der Waals surface area contributed by atoms with Crippen LogP contribution in [0.25, 0.3) is 0 Å².